The van der Waals surface area contributed by atoms with Crippen LogP contribution in [0.2, 0.25) is 0 Å². The Bertz CT molecular complexity index is 902. The van der Waals surface area contributed by atoms with Crippen molar-refractivity contribution in [2.45, 2.75) is 6.42 Å². The summed E-state index contributed by atoms with van der Waals surface area (Å²) in [7, 11) is 1.35. The molecule has 2 aromatic carbocycles. The van der Waals surface area contributed by atoms with Gasteiger partial charge in [0.2, 0.25) is 11.8 Å². The first-order chi connectivity index (χ1) is 13.5. The molecule has 0 saturated carbocycles. The highest BCUT2D eigenvalue weighted by Crippen LogP contribution is 2.19. The molecule has 1 aliphatic rings. The highest BCUT2D eigenvalue weighted by Gasteiger charge is 2.35. The Labute approximate surface area is 164 Å². The van der Waals surface area contributed by atoms with Crippen molar-refractivity contribution in [1.29, 1.82) is 0 Å². The molecule has 6 heteroatoms. The number of ether oxygens (including phenoxy) is 1. The van der Waals surface area contributed by atoms with Crippen LogP contribution in [-0.4, -0.2) is 49.4 Å². The Balaban J connectivity index is 1.59. The smallest absolute Gasteiger partial charge is 0.310 e. The largest absolute Gasteiger partial charge is 0.469 e. The van der Waals surface area contributed by atoms with Crippen LogP contribution in [0, 0.1) is 11.8 Å². The van der Waals surface area contributed by atoms with Gasteiger partial charge in [0.05, 0.1) is 18.9 Å². The van der Waals surface area contributed by atoms with Gasteiger partial charge in [-0.15, -0.1) is 0 Å². The fourth-order valence-corrected chi connectivity index (χ4v) is 3.38. The van der Waals surface area contributed by atoms with E-state index in [-0.39, 0.29) is 30.2 Å². The number of nitrogens with zero attached hydrogens (tertiary/aromatic N) is 1. The molecule has 0 bridgehead atoms. The maximum Gasteiger partial charge on any atom is 0.310 e. The lowest BCUT2D eigenvalue weighted by atomic mass is 9.95. The van der Waals surface area contributed by atoms with E-state index in [2.05, 4.69) is 18.0 Å². The van der Waals surface area contributed by atoms with E-state index in [9.17, 15) is 14.4 Å². The van der Waals surface area contributed by atoms with Gasteiger partial charge >= 0.3 is 5.97 Å². The van der Waals surface area contributed by atoms with Crippen molar-refractivity contribution in [2.24, 2.45) is 11.8 Å². The SMILES string of the molecule is C=CC(=O)N1CC(C(=O)NCC(Cc2ccc3ccccc3c2)C(=O)OC)C1. The third-order valence-corrected chi connectivity index (χ3v) is 5.09. The van der Waals surface area contributed by atoms with Crippen molar-refractivity contribution >= 4 is 28.6 Å². The summed E-state index contributed by atoms with van der Waals surface area (Å²) in [6.45, 7) is 4.39. The number of methoxy groups -OCH3 is 1. The van der Waals surface area contributed by atoms with Crippen molar-refractivity contribution in [3.63, 3.8) is 0 Å². The molecule has 1 unspecified atom stereocenters. The van der Waals surface area contributed by atoms with Gasteiger partial charge in [-0.2, -0.15) is 0 Å². The lowest BCUT2D eigenvalue weighted by molar-refractivity contribution is -0.145. The Hall–Kier alpha value is -3.15. The van der Waals surface area contributed by atoms with Gasteiger partial charge in [-0.25, -0.2) is 0 Å². The van der Waals surface area contributed by atoms with E-state index in [0.29, 0.717) is 19.5 Å². The van der Waals surface area contributed by atoms with E-state index in [0.717, 1.165) is 16.3 Å². The zero-order chi connectivity index (χ0) is 20.1. The molecule has 1 saturated heterocycles. The zero-order valence-electron chi connectivity index (χ0n) is 15.9. The molecule has 0 radical (unpaired) electrons. The number of esters is 1. The molecule has 1 fully saturated rings. The van der Waals surface area contributed by atoms with Gasteiger partial charge in [-0.05, 0) is 28.8 Å². The first-order valence-corrected chi connectivity index (χ1v) is 9.26. The molecule has 0 aliphatic carbocycles. The number of rotatable bonds is 7. The quantitative estimate of drug-likeness (QED) is 0.588. The fraction of sp³-hybridized carbons (Fsp3) is 0.318. The monoisotopic (exact) mass is 380 g/mol. The fourth-order valence-electron chi connectivity index (χ4n) is 3.38. The Kier molecular flexibility index (Phi) is 6.09. The van der Waals surface area contributed by atoms with Gasteiger partial charge in [0.1, 0.15) is 0 Å². The van der Waals surface area contributed by atoms with Gasteiger partial charge in [-0.1, -0.05) is 49.0 Å². The zero-order valence-corrected chi connectivity index (χ0v) is 15.9. The van der Waals surface area contributed by atoms with Crippen LogP contribution in [0.3, 0.4) is 0 Å². The molecule has 0 spiro atoms. The minimum atomic E-state index is -0.471. The molecule has 1 atom stereocenters. The average Bonchev–Trinajstić information content (AvgIpc) is 2.68. The van der Waals surface area contributed by atoms with Crippen molar-refractivity contribution in [3.8, 4) is 0 Å². The minimum Gasteiger partial charge on any atom is -0.469 e. The maximum absolute atomic E-state index is 12.3. The Morgan fingerprint density at radius 2 is 1.93 bits per heavy atom. The van der Waals surface area contributed by atoms with Crippen LogP contribution in [0.15, 0.2) is 55.1 Å². The van der Waals surface area contributed by atoms with E-state index >= 15 is 0 Å². The second-order valence-electron chi connectivity index (χ2n) is 7.00. The van der Waals surface area contributed by atoms with Crippen LogP contribution >= 0.6 is 0 Å². The Morgan fingerprint density at radius 1 is 1.21 bits per heavy atom. The summed E-state index contributed by atoms with van der Waals surface area (Å²) in [5.74, 6) is -1.40. The highest BCUT2D eigenvalue weighted by atomic mass is 16.5. The van der Waals surface area contributed by atoms with E-state index in [1.807, 2.05) is 36.4 Å². The number of fused-ring (bicyclic) bond motifs is 1. The predicted molar refractivity (Wildman–Crippen MR) is 106 cm³/mol. The first kappa shape index (κ1) is 19.6. The number of hydrogen-bond acceptors (Lipinski definition) is 4. The van der Waals surface area contributed by atoms with Crippen LogP contribution in [0.4, 0.5) is 0 Å². The van der Waals surface area contributed by atoms with Crippen LogP contribution in [0.1, 0.15) is 5.56 Å². The van der Waals surface area contributed by atoms with Crippen LogP contribution in [-0.2, 0) is 25.5 Å². The van der Waals surface area contributed by atoms with Crippen LogP contribution < -0.4 is 5.32 Å². The second-order valence-corrected chi connectivity index (χ2v) is 7.00. The number of hydrogen-bond donors (Lipinski definition) is 1. The molecule has 2 aromatic rings. The normalized spacial score (nSPS) is 14.8. The third kappa shape index (κ3) is 4.39. The number of carbonyl (C=O) groups excluding carboxylic acids is 3. The Morgan fingerprint density at radius 3 is 2.61 bits per heavy atom. The summed E-state index contributed by atoms with van der Waals surface area (Å²) >= 11 is 0. The first-order valence-electron chi connectivity index (χ1n) is 9.26. The van der Waals surface area contributed by atoms with Crippen molar-refractivity contribution in [2.75, 3.05) is 26.7 Å². The van der Waals surface area contributed by atoms with E-state index in [4.69, 9.17) is 4.74 Å². The van der Waals surface area contributed by atoms with E-state index in [1.54, 1.807) is 4.90 Å². The molecule has 2 amide bonds. The summed E-state index contributed by atoms with van der Waals surface area (Å²) in [4.78, 5) is 37.5. The van der Waals surface area contributed by atoms with Crippen molar-refractivity contribution in [3.05, 3.63) is 60.7 Å². The summed E-state index contributed by atoms with van der Waals surface area (Å²) in [5.41, 5.74) is 1.01. The maximum atomic E-state index is 12.3. The molecule has 28 heavy (non-hydrogen) atoms. The summed E-state index contributed by atoms with van der Waals surface area (Å²) in [6.07, 6.45) is 1.72. The molecule has 146 valence electrons. The molecule has 6 nitrogen and oxygen atoms in total. The lowest BCUT2D eigenvalue weighted by Crippen LogP contribution is -2.55. The van der Waals surface area contributed by atoms with Crippen molar-refractivity contribution < 1.29 is 19.1 Å². The molecular weight excluding hydrogens is 356 g/mol. The van der Waals surface area contributed by atoms with E-state index < -0.39 is 5.92 Å². The molecule has 1 N–H and O–H groups in total. The summed E-state index contributed by atoms with van der Waals surface area (Å²) in [6, 6.07) is 14.1. The standard InChI is InChI=1S/C22H24N2O4/c1-3-20(25)24-13-19(14-24)21(26)23-12-18(22(27)28-2)11-15-8-9-16-6-4-5-7-17(16)10-15/h3-10,18-19H,1,11-14H2,2H3,(H,23,26). The second kappa shape index (κ2) is 8.69. The lowest BCUT2D eigenvalue weighted by Gasteiger charge is -2.37. The number of benzene rings is 2. The van der Waals surface area contributed by atoms with E-state index in [1.165, 1.54) is 13.2 Å². The van der Waals surface area contributed by atoms with Crippen LogP contribution in [0.25, 0.3) is 10.8 Å². The topological polar surface area (TPSA) is 75.7 Å². The molecule has 0 aromatic heterocycles. The number of likely N-dealkylation sites (tertiary alicyclic amines) is 1. The third-order valence-electron chi connectivity index (χ3n) is 5.09. The number of carbonyl (C=O) groups is 3. The van der Waals surface area contributed by atoms with Crippen LogP contribution in [0.5, 0.6) is 0 Å². The van der Waals surface area contributed by atoms with Gasteiger partial charge in [0.25, 0.3) is 0 Å². The number of nitrogens with one attached hydrogen (secondary N) is 1. The average molecular weight is 380 g/mol. The molecular formula is C22H24N2O4. The predicted octanol–water partition coefficient (Wildman–Crippen LogP) is 1.93. The van der Waals surface area contributed by atoms with Gasteiger partial charge in [0.15, 0.2) is 0 Å². The van der Waals surface area contributed by atoms with Crippen molar-refractivity contribution in [1.82, 2.24) is 10.2 Å². The summed E-state index contributed by atoms with van der Waals surface area (Å²) < 4.78 is 4.91. The minimum absolute atomic E-state index is 0.152. The van der Waals surface area contributed by atoms with Gasteiger partial charge < -0.3 is 15.0 Å². The molecule has 3 rings (SSSR count). The molecule has 1 aliphatic heterocycles. The molecule has 1 heterocycles. The summed E-state index contributed by atoms with van der Waals surface area (Å²) in [5, 5.41) is 5.07. The highest BCUT2D eigenvalue weighted by molar-refractivity contribution is 5.90. The van der Waals surface area contributed by atoms with Gasteiger partial charge in [0, 0.05) is 19.6 Å². The number of amides is 2. The van der Waals surface area contributed by atoms with Gasteiger partial charge in [-0.3, -0.25) is 14.4 Å².